The molecule has 0 aliphatic heterocycles. The Morgan fingerprint density at radius 1 is 0.828 bits per heavy atom. The number of rotatable bonds is 2. The van der Waals surface area contributed by atoms with E-state index >= 15 is 0 Å². The topological polar surface area (TPSA) is 26.5 Å². The fourth-order valence-corrected chi connectivity index (χ4v) is 3.73. The molecule has 0 unspecified atom stereocenters. The van der Waals surface area contributed by atoms with Gasteiger partial charge in [0, 0.05) is 10.8 Å². The van der Waals surface area contributed by atoms with Crippen LogP contribution in [0.1, 0.15) is 0 Å². The molecule has 0 aliphatic carbocycles. The predicted molar refractivity (Wildman–Crippen MR) is 113 cm³/mol. The summed E-state index contributed by atoms with van der Waals surface area (Å²) in [5.74, 6) is 0.133. The molecule has 7 heteroatoms. The van der Waals surface area contributed by atoms with Gasteiger partial charge in [-0.05, 0) is 41.8 Å². The molecular formula is C22H15F3N2OS. The van der Waals surface area contributed by atoms with E-state index in [9.17, 15) is 13.2 Å². The Kier molecular flexibility index (Phi) is 4.84. The van der Waals surface area contributed by atoms with Crippen LogP contribution in [0.5, 0.6) is 5.75 Å². The molecule has 3 nitrogen and oxygen atoms in total. The minimum Gasteiger partial charge on any atom is -0.417 e. The Morgan fingerprint density at radius 2 is 1.52 bits per heavy atom. The molecule has 0 bridgehead atoms. The zero-order valence-electron chi connectivity index (χ0n) is 15.1. The van der Waals surface area contributed by atoms with Crippen molar-refractivity contribution in [1.82, 2.24) is 9.38 Å². The van der Waals surface area contributed by atoms with Crippen molar-refractivity contribution in [2.24, 2.45) is 0 Å². The summed E-state index contributed by atoms with van der Waals surface area (Å²) >= 11 is -0.518. The Morgan fingerprint density at radius 3 is 2.28 bits per heavy atom. The van der Waals surface area contributed by atoms with E-state index in [0.717, 1.165) is 32.7 Å². The first-order valence-corrected chi connectivity index (χ1v) is 9.39. The monoisotopic (exact) mass is 412 g/mol. The molecule has 0 saturated heterocycles. The first kappa shape index (κ1) is 19.1. The van der Waals surface area contributed by atoms with E-state index in [1.54, 1.807) is 18.2 Å². The molecule has 0 spiro atoms. The zero-order valence-corrected chi connectivity index (χ0v) is 15.9. The number of aromatic nitrogens is 2. The number of hydrogen-bond donors (Lipinski definition) is 0. The number of benzene rings is 3. The molecule has 5 aromatic rings. The van der Waals surface area contributed by atoms with E-state index in [4.69, 9.17) is 9.17 Å². The lowest BCUT2D eigenvalue weighted by Crippen LogP contribution is -2.02. The first-order chi connectivity index (χ1) is 14.0. The van der Waals surface area contributed by atoms with Gasteiger partial charge in [0.15, 0.2) is 12.0 Å². The zero-order chi connectivity index (χ0) is 20.6. The Labute approximate surface area is 168 Å². The molecule has 0 radical (unpaired) electrons. The van der Waals surface area contributed by atoms with Gasteiger partial charge in [-0.1, -0.05) is 30.3 Å². The van der Waals surface area contributed by atoms with Crippen LogP contribution in [-0.4, -0.2) is 14.9 Å². The molecule has 146 valence electrons. The minimum atomic E-state index is -4.46. The normalized spacial score (nSPS) is 11.7. The van der Waals surface area contributed by atoms with Gasteiger partial charge in [0.25, 0.3) is 0 Å². The van der Waals surface area contributed by atoms with Gasteiger partial charge >= 0.3 is 5.51 Å². The highest BCUT2D eigenvalue weighted by molar-refractivity contribution is 7.95. The third-order valence-corrected chi connectivity index (χ3v) is 4.93. The second-order valence-corrected chi connectivity index (χ2v) is 6.89. The maximum Gasteiger partial charge on any atom is 0.479 e. The lowest BCUT2D eigenvalue weighted by Gasteiger charge is -2.11. The van der Waals surface area contributed by atoms with E-state index in [2.05, 4.69) is 13.2 Å². The van der Waals surface area contributed by atoms with Crippen LogP contribution in [0.4, 0.5) is 13.2 Å². The van der Waals surface area contributed by atoms with Crippen LogP contribution in [0.3, 0.4) is 0 Å². The lowest BCUT2D eigenvalue weighted by molar-refractivity contribution is -0.0369. The summed E-state index contributed by atoms with van der Waals surface area (Å²) in [4.78, 5) is 4.72. The van der Waals surface area contributed by atoms with Crippen molar-refractivity contribution in [2.45, 2.75) is 5.51 Å². The van der Waals surface area contributed by atoms with Crippen LogP contribution in [0.15, 0.2) is 79.9 Å². The van der Waals surface area contributed by atoms with E-state index in [1.807, 2.05) is 52.9 Å². The highest BCUT2D eigenvalue weighted by Crippen LogP contribution is 2.37. The number of halogens is 3. The van der Waals surface area contributed by atoms with E-state index in [1.165, 1.54) is 0 Å². The molecule has 0 atom stereocenters. The second-order valence-electron chi connectivity index (χ2n) is 6.10. The summed E-state index contributed by atoms with van der Waals surface area (Å²) in [6.45, 7) is 6.00. The molecule has 0 aliphatic rings. The molecule has 0 saturated carbocycles. The first-order valence-electron chi connectivity index (χ1n) is 8.65. The summed E-state index contributed by atoms with van der Waals surface area (Å²) in [6.07, 6.45) is 0. The Balaban J connectivity index is 0.000000994. The molecule has 0 fully saturated rings. The SMILES string of the molecule is C=C.FC(F)(F)SOc1ccc2c3ccccc3n3c4ccccc4nc3c2c1. The molecular weight excluding hydrogens is 397 g/mol. The molecule has 0 amide bonds. The van der Waals surface area contributed by atoms with Crippen LogP contribution in [-0.2, 0) is 0 Å². The Bertz CT molecular complexity index is 1340. The van der Waals surface area contributed by atoms with Gasteiger partial charge in [0.05, 0.1) is 16.6 Å². The smallest absolute Gasteiger partial charge is 0.417 e. The highest BCUT2D eigenvalue weighted by atomic mass is 32.2. The third kappa shape index (κ3) is 3.38. The summed E-state index contributed by atoms with van der Waals surface area (Å²) in [5, 5.41) is 2.65. The number of hydrogen-bond acceptors (Lipinski definition) is 3. The van der Waals surface area contributed by atoms with E-state index in [0.29, 0.717) is 5.65 Å². The second kappa shape index (κ2) is 7.33. The molecule has 0 N–H and O–H groups in total. The largest absolute Gasteiger partial charge is 0.479 e. The number of para-hydroxylation sites is 3. The summed E-state index contributed by atoms with van der Waals surface area (Å²) in [5.41, 5.74) is -1.01. The number of alkyl halides is 3. The average molecular weight is 412 g/mol. The maximum atomic E-state index is 12.5. The van der Waals surface area contributed by atoms with Gasteiger partial charge in [0.1, 0.15) is 11.4 Å². The lowest BCUT2D eigenvalue weighted by atomic mass is 10.1. The molecule has 3 aromatic carbocycles. The van der Waals surface area contributed by atoms with Gasteiger partial charge in [-0.3, -0.25) is 4.40 Å². The number of fused-ring (bicyclic) bond motifs is 8. The predicted octanol–water partition coefficient (Wildman–Crippen LogP) is 7.14. The number of pyridine rings is 1. The van der Waals surface area contributed by atoms with Gasteiger partial charge in [-0.25, -0.2) is 4.98 Å². The highest BCUT2D eigenvalue weighted by Gasteiger charge is 2.31. The summed E-state index contributed by atoms with van der Waals surface area (Å²) < 4.78 is 44.3. The maximum absolute atomic E-state index is 12.5. The van der Waals surface area contributed by atoms with Crippen LogP contribution < -0.4 is 4.18 Å². The van der Waals surface area contributed by atoms with E-state index < -0.39 is 17.6 Å². The molecule has 29 heavy (non-hydrogen) atoms. The van der Waals surface area contributed by atoms with Crippen molar-refractivity contribution in [3.05, 3.63) is 79.9 Å². The van der Waals surface area contributed by atoms with Crippen molar-refractivity contribution >= 4 is 50.4 Å². The number of imidazole rings is 1. The van der Waals surface area contributed by atoms with Crippen LogP contribution in [0, 0.1) is 0 Å². The van der Waals surface area contributed by atoms with Crippen molar-refractivity contribution in [3.8, 4) is 5.75 Å². The molecule has 5 rings (SSSR count). The third-order valence-electron chi connectivity index (χ3n) is 4.46. The van der Waals surface area contributed by atoms with Gasteiger partial charge < -0.3 is 4.18 Å². The fraction of sp³-hybridized carbons (Fsp3) is 0.0455. The van der Waals surface area contributed by atoms with Crippen molar-refractivity contribution in [1.29, 1.82) is 0 Å². The summed E-state index contributed by atoms with van der Waals surface area (Å²) in [7, 11) is 0. The van der Waals surface area contributed by atoms with Crippen LogP contribution >= 0.6 is 12.0 Å². The van der Waals surface area contributed by atoms with Gasteiger partial charge in [-0.2, -0.15) is 13.2 Å². The molecule has 2 aromatic heterocycles. The minimum absolute atomic E-state index is 0.133. The van der Waals surface area contributed by atoms with Crippen molar-refractivity contribution in [3.63, 3.8) is 0 Å². The summed E-state index contributed by atoms with van der Waals surface area (Å²) in [6, 6.07) is 20.6. The number of nitrogens with zero attached hydrogens (tertiary/aromatic N) is 2. The standard InChI is InChI=1S/C20H11F3N2OS.C2H4/c21-20(22,23)27-26-12-9-10-13-14-5-1-3-7-17(14)25-18-8-4-2-6-16(18)24-19(25)15(13)11-12;1-2/h1-11H;1-2H2. The van der Waals surface area contributed by atoms with Crippen LogP contribution in [0.2, 0.25) is 0 Å². The van der Waals surface area contributed by atoms with Crippen molar-refractivity contribution < 1.29 is 17.4 Å². The van der Waals surface area contributed by atoms with Crippen molar-refractivity contribution in [2.75, 3.05) is 0 Å². The Hall–Kier alpha value is -3.19. The quantitative estimate of drug-likeness (QED) is 0.175. The fourth-order valence-electron chi connectivity index (χ4n) is 3.44. The van der Waals surface area contributed by atoms with Crippen LogP contribution in [0.25, 0.3) is 38.4 Å². The molecule has 2 heterocycles. The van der Waals surface area contributed by atoms with Gasteiger partial charge in [0.2, 0.25) is 0 Å². The van der Waals surface area contributed by atoms with E-state index in [-0.39, 0.29) is 5.75 Å². The average Bonchev–Trinajstić information content (AvgIpc) is 3.13. The van der Waals surface area contributed by atoms with Gasteiger partial charge in [-0.15, -0.1) is 13.2 Å².